The molecule has 102 valence electrons. The second kappa shape index (κ2) is 5.46. The average molecular weight is 343 g/mol. The molecule has 6 heteroatoms. The van der Waals surface area contributed by atoms with Crippen LogP contribution in [0.3, 0.4) is 0 Å². The molecule has 0 fully saturated rings. The molecule has 0 amide bonds. The Hall–Kier alpha value is -2.52. The Balaban J connectivity index is 2.07. The zero-order valence-electron chi connectivity index (χ0n) is 10.6. The lowest BCUT2D eigenvalue weighted by Crippen LogP contribution is -1.98. The first kappa shape index (κ1) is 13.5. The maximum absolute atomic E-state index is 13.1. The van der Waals surface area contributed by atoms with E-state index in [1.165, 1.54) is 12.3 Å². The molecule has 1 aromatic carbocycles. The molecule has 21 heavy (non-hydrogen) atoms. The van der Waals surface area contributed by atoms with Crippen molar-refractivity contribution in [1.29, 1.82) is 5.26 Å². The number of nitrogens with zero attached hydrogens (tertiary/aromatic N) is 3. The van der Waals surface area contributed by atoms with Crippen molar-refractivity contribution < 1.29 is 4.39 Å². The molecule has 0 aliphatic heterocycles. The van der Waals surface area contributed by atoms with Crippen LogP contribution in [0, 0.1) is 17.3 Å². The van der Waals surface area contributed by atoms with Crippen LogP contribution in [0.1, 0.15) is 5.56 Å². The highest BCUT2D eigenvalue weighted by Crippen LogP contribution is 2.24. The van der Waals surface area contributed by atoms with Crippen molar-refractivity contribution in [3.8, 4) is 6.07 Å². The molecule has 0 bridgehead atoms. The van der Waals surface area contributed by atoms with E-state index in [-0.39, 0.29) is 0 Å². The first-order chi connectivity index (χ1) is 10.2. The predicted molar refractivity (Wildman–Crippen MR) is 81.6 cm³/mol. The first-order valence-electron chi connectivity index (χ1n) is 6.05. The Labute approximate surface area is 128 Å². The number of aromatic nitrogens is 2. The van der Waals surface area contributed by atoms with Crippen LogP contribution in [0.25, 0.3) is 10.9 Å². The van der Waals surface area contributed by atoms with Gasteiger partial charge < -0.3 is 5.32 Å². The Morgan fingerprint density at radius 2 is 1.95 bits per heavy atom. The van der Waals surface area contributed by atoms with Gasteiger partial charge in [-0.25, -0.2) is 9.97 Å². The van der Waals surface area contributed by atoms with Crippen LogP contribution < -0.4 is 5.32 Å². The van der Waals surface area contributed by atoms with Gasteiger partial charge >= 0.3 is 0 Å². The van der Waals surface area contributed by atoms with Crippen LogP contribution in [-0.4, -0.2) is 9.97 Å². The Bertz CT molecular complexity index is 856. The van der Waals surface area contributed by atoms with Gasteiger partial charge in [0, 0.05) is 21.6 Å². The fourth-order valence-electron chi connectivity index (χ4n) is 1.90. The number of nitrogens with one attached hydrogen (secondary N) is 1. The summed E-state index contributed by atoms with van der Waals surface area (Å²) in [5, 5.41) is 12.8. The van der Waals surface area contributed by atoms with Crippen molar-refractivity contribution in [1.82, 2.24) is 9.97 Å². The molecule has 0 saturated carbocycles. The van der Waals surface area contributed by atoms with E-state index in [0.29, 0.717) is 22.3 Å². The average Bonchev–Trinajstić information content (AvgIpc) is 2.49. The summed E-state index contributed by atoms with van der Waals surface area (Å²) in [6.45, 7) is 0. The van der Waals surface area contributed by atoms with Crippen LogP contribution in [0.5, 0.6) is 0 Å². The van der Waals surface area contributed by atoms with E-state index in [9.17, 15) is 9.65 Å². The van der Waals surface area contributed by atoms with Gasteiger partial charge in [-0.3, -0.25) is 0 Å². The summed E-state index contributed by atoms with van der Waals surface area (Å²) in [7, 11) is 0. The maximum Gasteiger partial charge on any atom is 0.213 e. The number of pyridine rings is 2. The number of halogens is 2. The van der Waals surface area contributed by atoms with Crippen molar-refractivity contribution in [2.24, 2.45) is 0 Å². The third kappa shape index (κ3) is 2.83. The number of rotatable bonds is 2. The van der Waals surface area contributed by atoms with Crippen LogP contribution in [-0.2, 0) is 0 Å². The molecule has 0 unspecified atom stereocenters. The number of fused-ring (bicyclic) bond motifs is 1. The summed E-state index contributed by atoms with van der Waals surface area (Å²) < 4.78 is 14.1. The second-order valence-electron chi connectivity index (χ2n) is 4.33. The molecular weight excluding hydrogens is 335 g/mol. The SMILES string of the molecule is N#Cc1cc2cc(F)ncc2nc1Nc1ccc(Br)cc1. The van der Waals surface area contributed by atoms with Crippen LogP contribution in [0.2, 0.25) is 0 Å². The lowest BCUT2D eigenvalue weighted by atomic mass is 10.2. The van der Waals surface area contributed by atoms with E-state index < -0.39 is 5.95 Å². The number of anilines is 2. The number of hydrogen-bond acceptors (Lipinski definition) is 4. The lowest BCUT2D eigenvalue weighted by Gasteiger charge is -2.09. The summed E-state index contributed by atoms with van der Waals surface area (Å²) in [5.74, 6) is -0.178. The minimum atomic E-state index is -0.596. The molecule has 0 aliphatic carbocycles. The van der Waals surface area contributed by atoms with Crippen molar-refractivity contribution in [2.45, 2.75) is 0 Å². The fourth-order valence-corrected chi connectivity index (χ4v) is 2.17. The van der Waals surface area contributed by atoms with Gasteiger partial charge in [-0.2, -0.15) is 9.65 Å². The molecule has 0 atom stereocenters. The third-order valence-electron chi connectivity index (χ3n) is 2.90. The minimum Gasteiger partial charge on any atom is -0.339 e. The summed E-state index contributed by atoms with van der Waals surface area (Å²) >= 11 is 3.36. The lowest BCUT2D eigenvalue weighted by molar-refractivity contribution is 0.586. The highest BCUT2D eigenvalue weighted by atomic mass is 79.9. The van der Waals surface area contributed by atoms with E-state index in [2.05, 4.69) is 37.3 Å². The van der Waals surface area contributed by atoms with E-state index in [0.717, 1.165) is 10.2 Å². The van der Waals surface area contributed by atoms with Crippen molar-refractivity contribution in [3.63, 3.8) is 0 Å². The number of hydrogen-bond donors (Lipinski definition) is 1. The van der Waals surface area contributed by atoms with E-state index in [4.69, 9.17) is 0 Å². The highest BCUT2D eigenvalue weighted by Gasteiger charge is 2.08. The molecule has 1 N–H and O–H groups in total. The molecule has 0 spiro atoms. The molecule has 3 rings (SSSR count). The maximum atomic E-state index is 13.1. The quantitative estimate of drug-likeness (QED) is 0.710. The van der Waals surface area contributed by atoms with Crippen molar-refractivity contribution in [3.05, 3.63) is 58.6 Å². The standard InChI is InChI=1S/C15H8BrFN4/c16-11-1-3-12(4-2-11)20-15-10(7-18)5-9-6-14(17)19-8-13(9)21-15/h1-6,8H,(H,20,21). The topological polar surface area (TPSA) is 61.6 Å². The molecule has 0 radical (unpaired) electrons. The van der Waals surface area contributed by atoms with Gasteiger partial charge in [0.1, 0.15) is 11.9 Å². The largest absolute Gasteiger partial charge is 0.339 e. The first-order valence-corrected chi connectivity index (χ1v) is 6.84. The van der Waals surface area contributed by atoms with Gasteiger partial charge in [-0.15, -0.1) is 0 Å². The second-order valence-corrected chi connectivity index (χ2v) is 5.24. The highest BCUT2D eigenvalue weighted by molar-refractivity contribution is 9.10. The predicted octanol–water partition coefficient (Wildman–Crippen LogP) is 4.15. The van der Waals surface area contributed by atoms with Gasteiger partial charge in [0.15, 0.2) is 0 Å². The zero-order chi connectivity index (χ0) is 14.8. The summed E-state index contributed by atoms with van der Waals surface area (Å²) in [5.41, 5.74) is 1.67. The zero-order valence-corrected chi connectivity index (χ0v) is 12.2. The normalized spacial score (nSPS) is 10.3. The van der Waals surface area contributed by atoms with Crippen LogP contribution in [0.4, 0.5) is 15.9 Å². The smallest absolute Gasteiger partial charge is 0.213 e. The molecular formula is C15H8BrFN4. The molecule has 3 aromatic rings. The van der Waals surface area contributed by atoms with E-state index in [1.807, 2.05) is 24.3 Å². The molecule has 4 nitrogen and oxygen atoms in total. The number of benzene rings is 1. The van der Waals surface area contributed by atoms with Crippen LogP contribution >= 0.6 is 15.9 Å². The molecule has 2 heterocycles. The van der Waals surface area contributed by atoms with Gasteiger partial charge in [0.25, 0.3) is 0 Å². The summed E-state index contributed by atoms with van der Waals surface area (Å²) in [4.78, 5) is 7.91. The summed E-state index contributed by atoms with van der Waals surface area (Å²) in [6.07, 6.45) is 1.35. The molecule has 2 aromatic heterocycles. The van der Waals surface area contributed by atoms with Gasteiger partial charge in [-0.05, 0) is 30.3 Å². The van der Waals surface area contributed by atoms with Gasteiger partial charge in [0.2, 0.25) is 5.95 Å². The Morgan fingerprint density at radius 1 is 1.19 bits per heavy atom. The number of nitriles is 1. The summed E-state index contributed by atoms with van der Waals surface area (Å²) in [6, 6.07) is 12.4. The van der Waals surface area contributed by atoms with E-state index in [1.54, 1.807) is 6.07 Å². The van der Waals surface area contributed by atoms with E-state index >= 15 is 0 Å². The Morgan fingerprint density at radius 3 is 2.67 bits per heavy atom. The third-order valence-corrected chi connectivity index (χ3v) is 3.42. The Kier molecular flexibility index (Phi) is 3.50. The van der Waals surface area contributed by atoms with Crippen molar-refractivity contribution in [2.75, 3.05) is 5.32 Å². The minimum absolute atomic E-state index is 0.344. The fraction of sp³-hybridized carbons (Fsp3) is 0. The van der Waals surface area contributed by atoms with Gasteiger partial charge in [-0.1, -0.05) is 15.9 Å². The van der Waals surface area contributed by atoms with Crippen molar-refractivity contribution >= 4 is 38.3 Å². The molecule has 0 aliphatic rings. The monoisotopic (exact) mass is 342 g/mol. The molecule has 0 saturated heterocycles. The van der Waals surface area contributed by atoms with Crippen LogP contribution in [0.15, 0.2) is 47.1 Å². The van der Waals surface area contributed by atoms with Gasteiger partial charge in [0.05, 0.1) is 17.3 Å².